The molecule has 0 spiro atoms. The third kappa shape index (κ3) is 2.53. The Morgan fingerprint density at radius 1 is 1.56 bits per heavy atom. The monoisotopic (exact) mass is 368 g/mol. The number of ether oxygens (including phenoxy) is 1. The van der Waals surface area contributed by atoms with E-state index < -0.39 is 6.10 Å². The van der Waals surface area contributed by atoms with E-state index in [2.05, 4.69) is 31.9 Å². The molecule has 1 fully saturated rings. The molecule has 1 unspecified atom stereocenters. The normalized spacial score (nSPS) is 20.5. The number of methoxy groups -OCH3 is 1. The Morgan fingerprint density at radius 2 is 2.25 bits per heavy atom. The van der Waals surface area contributed by atoms with Crippen LogP contribution in [0.5, 0.6) is 0 Å². The van der Waals surface area contributed by atoms with E-state index in [0.29, 0.717) is 6.42 Å². The second-order valence-electron chi connectivity index (χ2n) is 4.24. The maximum atomic E-state index is 10.2. The summed E-state index contributed by atoms with van der Waals surface area (Å²) in [5, 5.41) is 10.2. The first-order valence-electron chi connectivity index (χ1n) is 5.24. The standard InChI is InChI=1S/C11H14Br2O2S/c1-15-11(3-2-4-11)6-8(14)7-5-9(12)16-10(7)13/h5,8,14H,2-4,6H2,1H3. The second-order valence-corrected chi connectivity index (χ2v) is 7.99. The molecule has 16 heavy (non-hydrogen) atoms. The molecule has 0 aromatic carbocycles. The molecular weight excluding hydrogens is 356 g/mol. The van der Waals surface area contributed by atoms with Crippen molar-refractivity contribution in [3.05, 3.63) is 19.2 Å². The van der Waals surface area contributed by atoms with Gasteiger partial charge in [0.1, 0.15) is 0 Å². The zero-order valence-electron chi connectivity index (χ0n) is 9.00. The third-order valence-corrected chi connectivity index (χ3v) is 5.69. The molecule has 1 atom stereocenters. The van der Waals surface area contributed by atoms with E-state index in [1.807, 2.05) is 6.07 Å². The summed E-state index contributed by atoms with van der Waals surface area (Å²) >= 11 is 8.49. The fourth-order valence-electron chi connectivity index (χ4n) is 2.11. The molecule has 0 bridgehead atoms. The summed E-state index contributed by atoms with van der Waals surface area (Å²) in [6.07, 6.45) is 3.56. The fraction of sp³-hybridized carbons (Fsp3) is 0.636. The number of rotatable bonds is 4. The van der Waals surface area contributed by atoms with Crippen LogP contribution in [0.2, 0.25) is 0 Å². The molecule has 1 aliphatic carbocycles. The van der Waals surface area contributed by atoms with Crippen LogP contribution in [-0.2, 0) is 4.74 Å². The second kappa shape index (κ2) is 5.06. The molecule has 1 aromatic rings. The molecule has 90 valence electrons. The molecule has 1 N–H and O–H groups in total. The van der Waals surface area contributed by atoms with Gasteiger partial charge in [0.05, 0.1) is 19.3 Å². The van der Waals surface area contributed by atoms with E-state index in [4.69, 9.17) is 4.74 Å². The predicted molar refractivity (Wildman–Crippen MR) is 72.9 cm³/mol. The zero-order chi connectivity index (χ0) is 11.8. The van der Waals surface area contributed by atoms with Crippen molar-refractivity contribution in [1.82, 2.24) is 0 Å². The largest absolute Gasteiger partial charge is 0.388 e. The van der Waals surface area contributed by atoms with Crippen molar-refractivity contribution in [3.63, 3.8) is 0 Å². The van der Waals surface area contributed by atoms with Crippen molar-refractivity contribution in [3.8, 4) is 0 Å². The van der Waals surface area contributed by atoms with Gasteiger partial charge in [-0.3, -0.25) is 0 Å². The minimum Gasteiger partial charge on any atom is -0.388 e. The van der Waals surface area contributed by atoms with Crippen LogP contribution >= 0.6 is 43.2 Å². The van der Waals surface area contributed by atoms with E-state index in [1.165, 1.54) is 6.42 Å². The SMILES string of the molecule is COC1(CC(O)c2cc(Br)sc2Br)CCC1. The molecule has 1 saturated carbocycles. The maximum absolute atomic E-state index is 10.2. The van der Waals surface area contributed by atoms with E-state index in [0.717, 1.165) is 26.0 Å². The van der Waals surface area contributed by atoms with Gasteiger partial charge in [-0.05, 0) is 57.2 Å². The van der Waals surface area contributed by atoms with Gasteiger partial charge in [0.15, 0.2) is 0 Å². The minimum atomic E-state index is -0.447. The topological polar surface area (TPSA) is 29.5 Å². The molecule has 0 aliphatic heterocycles. The summed E-state index contributed by atoms with van der Waals surface area (Å²) in [6, 6.07) is 1.97. The van der Waals surface area contributed by atoms with Crippen molar-refractivity contribution in [2.45, 2.75) is 37.4 Å². The van der Waals surface area contributed by atoms with Crippen LogP contribution in [0.25, 0.3) is 0 Å². The molecule has 2 rings (SSSR count). The first kappa shape index (κ1) is 13.0. The number of hydrogen-bond acceptors (Lipinski definition) is 3. The summed E-state index contributed by atoms with van der Waals surface area (Å²) in [5.41, 5.74) is 0.869. The summed E-state index contributed by atoms with van der Waals surface area (Å²) in [4.78, 5) is 0. The van der Waals surface area contributed by atoms with Gasteiger partial charge in [-0.15, -0.1) is 11.3 Å². The molecule has 1 aliphatic rings. The van der Waals surface area contributed by atoms with Gasteiger partial charge in [-0.25, -0.2) is 0 Å². The van der Waals surface area contributed by atoms with E-state index in [-0.39, 0.29) is 5.60 Å². The predicted octanol–water partition coefficient (Wildman–Crippen LogP) is 4.27. The number of aliphatic hydroxyl groups is 1. The molecule has 0 saturated heterocycles. The van der Waals surface area contributed by atoms with Gasteiger partial charge in [0.25, 0.3) is 0 Å². The maximum Gasteiger partial charge on any atom is 0.0837 e. The Kier molecular flexibility index (Phi) is 4.12. The van der Waals surface area contributed by atoms with Gasteiger partial charge < -0.3 is 9.84 Å². The lowest BCUT2D eigenvalue weighted by atomic mass is 9.75. The average Bonchev–Trinajstić information content (AvgIpc) is 2.51. The molecular formula is C11H14Br2O2S. The van der Waals surface area contributed by atoms with Crippen LogP contribution in [0.4, 0.5) is 0 Å². The molecule has 0 radical (unpaired) electrons. The lowest BCUT2D eigenvalue weighted by molar-refractivity contribution is -0.0999. The van der Waals surface area contributed by atoms with Gasteiger partial charge in [0, 0.05) is 19.1 Å². The van der Waals surface area contributed by atoms with Crippen LogP contribution in [-0.4, -0.2) is 17.8 Å². The zero-order valence-corrected chi connectivity index (χ0v) is 13.0. The van der Waals surface area contributed by atoms with Crippen molar-refractivity contribution in [2.75, 3.05) is 7.11 Å². The molecule has 1 heterocycles. The van der Waals surface area contributed by atoms with Crippen molar-refractivity contribution < 1.29 is 9.84 Å². The fourth-order valence-corrected chi connectivity index (χ4v) is 5.06. The van der Waals surface area contributed by atoms with Crippen LogP contribution in [0.15, 0.2) is 13.6 Å². The van der Waals surface area contributed by atoms with E-state index >= 15 is 0 Å². The van der Waals surface area contributed by atoms with Crippen molar-refractivity contribution in [1.29, 1.82) is 0 Å². The van der Waals surface area contributed by atoms with E-state index in [9.17, 15) is 5.11 Å². The van der Waals surface area contributed by atoms with Crippen molar-refractivity contribution >= 4 is 43.2 Å². The first-order valence-corrected chi connectivity index (χ1v) is 7.64. The number of hydrogen-bond donors (Lipinski definition) is 1. The summed E-state index contributed by atoms with van der Waals surface area (Å²) in [5.74, 6) is 0. The number of aliphatic hydroxyl groups excluding tert-OH is 1. The molecule has 0 amide bonds. The average molecular weight is 370 g/mol. The quantitative estimate of drug-likeness (QED) is 0.858. The third-order valence-electron chi connectivity index (χ3n) is 3.31. The van der Waals surface area contributed by atoms with E-state index in [1.54, 1.807) is 18.4 Å². The smallest absolute Gasteiger partial charge is 0.0837 e. The molecule has 5 heteroatoms. The Labute approximate surface area is 116 Å². The number of halogens is 2. The number of thiophene rings is 1. The van der Waals surface area contributed by atoms with Crippen molar-refractivity contribution in [2.24, 2.45) is 0 Å². The first-order chi connectivity index (χ1) is 7.56. The highest BCUT2D eigenvalue weighted by Crippen LogP contribution is 2.44. The Hall–Kier alpha value is 0.580. The van der Waals surface area contributed by atoms with Gasteiger partial charge in [0.2, 0.25) is 0 Å². The van der Waals surface area contributed by atoms with Crippen LogP contribution in [0.3, 0.4) is 0 Å². The summed E-state index contributed by atoms with van der Waals surface area (Å²) in [7, 11) is 1.74. The van der Waals surface area contributed by atoms with Gasteiger partial charge >= 0.3 is 0 Å². The minimum absolute atomic E-state index is 0.0900. The van der Waals surface area contributed by atoms with Crippen LogP contribution < -0.4 is 0 Å². The lowest BCUT2D eigenvalue weighted by Crippen LogP contribution is -2.40. The summed E-state index contributed by atoms with van der Waals surface area (Å²) < 4.78 is 7.56. The van der Waals surface area contributed by atoms with Gasteiger partial charge in [-0.2, -0.15) is 0 Å². The Bertz CT molecular complexity index is 369. The van der Waals surface area contributed by atoms with Crippen LogP contribution in [0, 0.1) is 0 Å². The lowest BCUT2D eigenvalue weighted by Gasteiger charge is -2.41. The molecule has 2 nitrogen and oxygen atoms in total. The highest BCUT2D eigenvalue weighted by atomic mass is 79.9. The van der Waals surface area contributed by atoms with Crippen LogP contribution in [0.1, 0.15) is 37.4 Å². The summed E-state index contributed by atoms with van der Waals surface area (Å²) in [6.45, 7) is 0. The highest BCUT2D eigenvalue weighted by Gasteiger charge is 2.39. The Morgan fingerprint density at radius 3 is 2.62 bits per heavy atom. The van der Waals surface area contributed by atoms with Gasteiger partial charge in [-0.1, -0.05) is 0 Å². The Balaban J connectivity index is 2.07. The highest BCUT2D eigenvalue weighted by molar-refractivity contribution is 9.12. The molecule has 1 aromatic heterocycles.